The Balaban J connectivity index is 1.63. The number of thiazole rings is 1. The van der Waals surface area contributed by atoms with Crippen molar-refractivity contribution in [3.05, 3.63) is 83.4 Å². The Bertz CT molecular complexity index is 1180. The molecule has 30 heavy (non-hydrogen) atoms. The minimum Gasteiger partial charge on any atom is -0.281 e. The molecule has 2 aromatic heterocycles. The first kappa shape index (κ1) is 20.5. The number of rotatable bonds is 6. The van der Waals surface area contributed by atoms with Crippen LogP contribution in [0, 0.1) is 19.7 Å². The number of thioether (sulfide) groups is 1. The van der Waals surface area contributed by atoms with Crippen molar-refractivity contribution in [1.29, 1.82) is 0 Å². The Labute approximate surface area is 182 Å². The van der Waals surface area contributed by atoms with Crippen LogP contribution in [-0.2, 0) is 11.3 Å². The van der Waals surface area contributed by atoms with Gasteiger partial charge in [0.2, 0.25) is 5.91 Å². The average molecular weight is 438 g/mol. The second-order valence-corrected chi connectivity index (χ2v) is 8.95. The molecule has 0 unspecified atom stereocenters. The first-order valence-electron chi connectivity index (χ1n) is 9.46. The number of benzene rings is 2. The number of nitrogens with zero attached hydrogens (tertiary/aromatic N) is 3. The van der Waals surface area contributed by atoms with Crippen LogP contribution in [0.3, 0.4) is 0 Å². The molecule has 0 aliphatic rings. The number of anilines is 1. The highest BCUT2D eigenvalue weighted by atomic mass is 32.2. The van der Waals surface area contributed by atoms with E-state index in [1.807, 2.05) is 18.2 Å². The van der Waals surface area contributed by atoms with Gasteiger partial charge in [0, 0.05) is 11.1 Å². The van der Waals surface area contributed by atoms with E-state index in [0.29, 0.717) is 11.7 Å². The summed E-state index contributed by atoms with van der Waals surface area (Å²) in [4.78, 5) is 24.9. The number of halogens is 1. The summed E-state index contributed by atoms with van der Waals surface area (Å²) >= 11 is 2.89. The van der Waals surface area contributed by atoms with Gasteiger partial charge in [-0.05, 0) is 67.4 Å². The Morgan fingerprint density at radius 2 is 1.90 bits per heavy atom. The molecule has 2 heterocycles. The summed E-state index contributed by atoms with van der Waals surface area (Å²) in [7, 11) is 0. The van der Waals surface area contributed by atoms with Crippen molar-refractivity contribution in [2.75, 3.05) is 10.7 Å². The number of aromatic nitrogens is 2. The normalized spacial score (nSPS) is 11.0. The first-order valence-corrected chi connectivity index (χ1v) is 11.3. The summed E-state index contributed by atoms with van der Waals surface area (Å²) in [6, 6.07) is 15.9. The van der Waals surface area contributed by atoms with Gasteiger partial charge < -0.3 is 0 Å². The molecule has 0 atom stereocenters. The van der Waals surface area contributed by atoms with Crippen LogP contribution in [-0.4, -0.2) is 21.6 Å². The third kappa shape index (κ3) is 4.52. The number of aryl methyl sites for hydroxylation is 2. The maximum Gasteiger partial charge on any atom is 0.239 e. The Hall–Kier alpha value is -2.77. The van der Waals surface area contributed by atoms with Gasteiger partial charge in [-0.2, -0.15) is 0 Å². The number of pyridine rings is 1. The quantitative estimate of drug-likeness (QED) is 0.359. The average Bonchev–Trinajstić information content (AvgIpc) is 3.19. The predicted octanol–water partition coefficient (Wildman–Crippen LogP) is 5.77. The number of fused-ring (bicyclic) bond motifs is 1. The second-order valence-electron chi connectivity index (χ2n) is 6.89. The number of hydrogen-bond acceptors (Lipinski definition) is 5. The molecule has 0 aliphatic heterocycles. The van der Waals surface area contributed by atoms with Crippen molar-refractivity contribution in [2.24, 2.45) is 0 Å². The van der Waals surface area contributed by atoms with Crippen molar-refractivity contribution in [3.8, 4) is 0 Å². The number of hydrogen-bond donors (Lipinski definition) is 0. The van der Waals surface area contributed by atoms with Crippen LogP contribution in [0.4, 0.5) is 9.52 Å². The highest BCUT2D eigenvalue weighted by Gasteiger charge is 2.21. The highest BCUT2D eigenvalue weighted by Crippen LogP contribution is 2.33. The third-order valence-electron chi connectivity index (χ3n) is 4.83. The standard InChI is InChI=1S/C23H20FN3OS2/c1-15-6-11-20-22(16(15)2)26-23(30-20)27(13-18-5-3-4-12-25-18)21(28)14-29-19-9-7-17(24)8-10-19/h3-12H,13-14H2,1-2H3. The molecule has 4 rings (SSSR count). The molecule has 7 heteroatoms. The van der Waals surface area contributed by atoms with Crippen LogP contribution in [0.25, 0.3) is 10.2 Å². The largest absolute Gasteiger partial charge is 0.281 e. The summed E-state index contributed by atoms with van der Waals surface area (Å²) in [6.45, 7) is 4.46. The maximum absolute atomic E-state index is 13.2. The molecule has 0 saturated heterocycles. The van der Waals surface area contributed by atoms with Crippen molar-refractivity contribution in [1.82, 2.24) is 9.97 Å². The van der Waals surface area contributed by atoms with Crippen molar-refractivity contribution in [3.63, 3.8) is 0 Å². The molecule has 0 radical (unpaired) electrons. The molecule has 2 aromatic carbocycles. The molecular weight excluding hydrogens is 417 g/mol. The van der Waals surface area contributed by atoms with E-state index >= 15 is 0 Å². The third-order valence-corrected chi connectivity index (χ3v) is 6.87. The molecule has 0 spiro atoms. The second kappa shape index (κ2) is 8.93. The Kier molecular flexibility index (Phi) is 6.11. The van der Waals surface area contributed by atoms with Crippen LogP contribution in [0.1, 0.15) is 16.8 Å². The summed E-state index contributed by atoms with van der Waals surface area (Å²) in [5.41, 5.74) is 4.03. The molecule has 0 saturated carbocycles. The fourth-order valence-electron chi connectivity index (χ4n) is 3.00. The summed E-state index contributed by atoms with van der Waals surface area (Å²) in [5, 5.41) is 0.661. The van der Waals surface area contributed by atoms with Gasteiger partial charge in [-0.3, -0.25) is 14.7 Å². The lowest BCUT2D eigenvalue weighted by molar-refractivity contribution is -0.116. The van der Waals surface area contributed by atoms with E-state index in [2.05, 4.69) is 31.0 Å². The fourth-order valence-corrected chi connectivity index (χ4v) is 4.82. The van der Waals surface area contributed by atoms with Gasteiger partial charge >= 0.3 is 0 Å². The van der Waals surface area contributed by atoms with Gasteiger partial charge in [-0.25, -0.2) is 9.37 Å². The summed E-state index contributed by atoms with van der Waals surface area (Å²) in [5.74, 6) is -0.127. The SMILES string of the molecule is Cc1ccc2sc(N(Cc3ccccn3)C(=O)CSc3ccc(F)cc3)nc2c1C. The Morgan fingerprint density at radius 3 is 2.63 bits per heavy atom. The molecule has 1 amide bonds. The monoisotopic (exact) mass is 437 g/mol. The molecule has 4 nitrogen and oxygen atoms in total. The molecule has 152 valence electrons. The number of carbonyl (C=O) groups is 1. The molecule has 0 bridgehead atoms. The van der Waals surface area contributed by atoms with E-state index in [1.54, 1.807) is 23.2 Å². The molecule has 0 N–H and O–H groups in total. The van der Waals surface area contributed by atoms with E-state index in [9.17, 15) is 9.18 Å². The molecule has 0 aliphatic carbocycles. The zero-order chi connectivity index (χ0) is 21.1. The molecule has 4 aromatic rings. The summed E-state index contributed by atoms with van der Waals surface area (Å²) in [6.07, 6.45) is 1.72. The highest BCUT2D eigenvalue weighted by molar-refractivity contribution is 8.00. The molecule has 0 fully saturated rings. The van der Waals surface area contributed by atoms with Crippen LogP contribution in [0.5, 0.6) is 0 Å². The minimum absolute atomic E-state index is 0.0663. The van der Waals surface area contributed by atoms with Crippen molar-refractivity contribution >= 4 is 44.4 Å². The van der Waals surface area contributed by atoms with Gasteiger partial charge in [0.05, 0.1) is 28.2 Å². The lowest BCUT2D eigenvalue weighted by atomic mass is 10.1. The van der Waals surface area contributed by atoms with E-state index < -0.39 is 0 Å². The van der Waals surface area contributed by atoms with Crippen LogP contribution < -0.4 is 4.90 Å². The zero-order valence-electron chi connectivity index (χ0n) is 16.6. The van der Waals surface area contributed by atoms with Gasteiger partial charge in [-0.15, -0.1) is 11.8 Å². The first-order chi connectivity index (χ1) is 14.5. The van der Waals surface area contributed by atoms with Gasteiger partial charge in [0.1, 0.15) is 5.82 Å². The zero-order valence-corrected chi connectivity index (χ0v) is 18.3. The minimum atomic E-state index is -0.289. The van der Waals surface area contributed by atoms with Crippen molar-refractivity contribution in [2.45, 2.75) is 25.3 Å². The van der Waals surface area contributed by atoms with Gasteiger partial charge in [-0.1, -0.05) is 23.5 Å². The van der Waals surface area contributed by atoms with Gasteiger partial charge in [0.15, 0.2) is 5.13 Å². The van der Waals surface area contributed by atoms with Crippen molar-refractivity contribution < 1.29 is 9.18 Å². The lowest BCUT2D eigenvalue weighted by Crippen LogP contribution is -2.32. The van der Waals surface area contributed by atoms with Gasteiger partial charge in [0.25, 0.3) is 0 Å². The smallest absolute Gasteiger partial charge is 0.239 e. The van der Waals surface area contributed by atoms with E-state index in [1.165, 1.54) is 40.8 Å². The number of amides is 1. The van der Waals surface area contributed by atoms with E-state index in [0.717, 1.165) is 26.4 Å². The van der Waals surface area contributed by atoms with Crippen LogP contribution >= 0.6 is 23.1 Å². The number of carbonyl (C=O) groups excluding carboxylic acids is 1. The fraction of sp³-hybridized carbons (Fsp3) is 0.174. The summed E-state index contributed by atoms with van der Waals surface area (Å²) < 4.78 is 14.2. The van der Waals surface area contributed by atoms with E-state index in [4.69, 9.17) is 4.98 Å². The molecular formula is C23H20FN3OS2. The van der Waals surface area contributed by atoms with Crippen LogP contribution in [0.2, 0.25) is 0 Å². The predicted molar refractivity (Wildman–Crippen MR) is 122 cm³/mol. The maximum atomic E-state index is 13.2. The Morgan fingerprint density at radius 1 is 1.10 bits per heavy atom. The lowest BCUT2D eigenvalue weighted by Gasteiger charge is -2.19. The van der Waals surface area contributed by atoms with Crippen LogP contribution in [0.15, 0.2) is 65.7 Å². The van der Waals surface area contributed by atoms with E-state index in [-0.39, 0.29) is 17.5 Å². The topological polar surface area (TPSA) is 46.1 Å².